The maximum atomic E-state index is 10.5. The van der Waals surface area contributed by atoms with Crippen molar-refractivity contribution >= 4 is 18.9 Å². The van der Waals surface area contributed by atoms with Crippen LogP contribution >= 0.6 is 12.6 Å². The minimum atomic E-state index is -1.93. The van der Waals surface area contributed by atoms with Crippen molar-refractivity contribution in [2.24, 2.45) is 0 Å². The molecule has 136 valence electrons. The van der Waals surface area contributed by atoms with Crippen LogP contribution in [-0.2, 0) is 14.3 Å². The van der Waals surface area contributed by atoms with Crippen LogP contribution in [0.25, 0.3) is 0 Å². The molecule has 1 saturated heterocycles. The van der Waals surface area contributed by atoms with Crippen LogP contribution in [0.3, 0.4) is 0 Å². The van der Waals surface area contributed by atoms with E-state index in [0.29, 0.717) is 0 Å². The second kappa shape index (κ2) is 9.22. The van der Waals surface area contributed by atoms with Gasteiger partial charge in [0.1, 0.15) is 42.7 Å². The van der Waals surface area contributed by atoms with Gasteiger partial charge in [0.15, 0.2) is 12.6 Å². The van der Waals surface area contributed by atoms with Crippen LogP contribution in [0.5, 0.6) is 0 Å². The van der Waals surface area contributed by atoms with Crippen LogP contribution in [0.1, 0.15) is 0 Å². The molecule has 1 aliphatic heterocycles. The molecule has 0 amide bonds. The smallest absolute Gasteiger partial charge is 0.187 e. The highest BCUT2D eigenvalue weighted by Gasteiger charge is 2.46. The number of aliphatic hydroxyl groups excluding tert-OH is 7. The van der Waals surface area contributed by atoms with E-state index in [9.17, 15) is 35.4 Å². The Morgan fingerprint density at radius 2 is 1.74 bits per heavy atom. The SMILES string of the molecule is O=C[C@H](O)[C@@H](O)[C@H](OC1O[C@H](CS)[C@@H](O)[C@H](O)[C@H]1O)[C@H](O)CO. The number of carbonyl (C=O) groups is 1. The summed E-state index contributed by atoms with van der Waals surface area (Å²) in [6.45, 7) is -0.878. The van der Waals surface area contributed by atoms with Crippen LogP contribution in [0.4, 0.5) is 0 Å². The van der Waals surface area contributed by atoms with Gasteiger partial charge in [-0.3, -0.25) is 0 Å². The molecule has 7 N–H and O–H groups in total. The van der Waals surface area contributed by atoms with Gasteiger partial charge in [0.25, 0.3) is 0 Å². The average Bonchev–Trinajstić information content (AvgIpc) is 2.57. The van der Waals surface area contributed by atoms with E-state index in [1.807, 2.05) is 0 Å². The topological polar surface area (TPSA) is 177 Å². The zero-order valence-corrected chi connectivity index (χ0v) is 12.9. The van der Waals surface area contributed by atoms with Gasteiger partial charge in [-0.1, -0.05) is 0 Å². The Bertz CT molecular complexity index is 370. The summed E-state index contributed by atoms with van der Waals surface area (Å²) in [4.78, 5) is 10.5. The van der Waals surface area contributed by atoms with E-state index in [4.69, 9.17) is 14.6 Å². The number of hydrogen-bond donors (Lipinski definition) is 8. The number of ether oxygens (including phenoxy) is 2. The van der Waals surface area contributed by atoms with Gasteiger partial charge in [0, 0.05) is 5.75 Å². The summed E-state index contributed by atoms with van der Waals surface area (Å²) in [5.74, 6) is -0.0302. The lowest BCUT2D eigenvalue weighted by atomic mass is 9.99. The fourth-order valence-electron chi connectivity index (χ4n) is 2.11. The molecule has 0 spiro atoms. The Labute approximate surface area is 137 Å². The minimum absolute atomic E-state index is 0.00158. The first-order chi connectivity index (χ1) is 10.8. The third-order valence-electron chi connectivity index (χ3n) is 3.53. The summed E-state index contributed by atoms with van der Waals surface area (Å²) in [5, 5.41) is 67.1. The molecule has 0 aromatic heterocycles. The molecule has 1 unspecified atom stereocenters. The van der Waals surface area contributed by atoms with Gasteiger partial charge in [0.2, 0.25) is 0 Å². The minimum Gasteiger partial charge on any atom is -0.394 e. The fourth-order valence-corrected chi connectivity index (χ4v) is 2.41. The first-order valence-corrected chi connectivity index (χ1v) is 7.48. The maximum absolute atomic E-state index is 10.5. The number of aldehydes is 1. The molecule has 23 heavy (non-hydrogen) atoms. The van der Waals surface area contributed by atoms with Crippen molar-refractivity contribution in [3.8, 4) is 0 Å². The second-order valence-corrected chi connectivity index (χ2v) is 5.53. The maximum Gasteiger partial charge on any atom is 0.187 e. The van der Waals surface area contributed by atoms with Crippen LogP contribution < -0.4 is 0 Å². The van der Waals surface area contributed by atoms with Crippen molar-refractivity contribution in [1.29, 1.82) is 0 Å². The third kappa shape index (κ3) is 4.82. The molecule has 0 aromatic rings. The molecule has 0 aliphatic carbocycles. The van der Waals surface area contributed by atoms with Crippen LogP contribution in [0, 0.1) is 0 Å². The predicted molar refractivity (Wildman–Crippen MR) is 76.6 cm³/mol. The molecule has 10 nitrogen and oxygen atoms in total. The van der Waals surface area contributed by atoms with E-state index in [-0.39, 0.29) is 12.0 Å². The van der Waals surface area contributed by atoms with E-state index in [1.165, 1.54) is 0 Å². The van der Waals surface area contributed by atoms with E-state index < -0.39 is 61.7 Å². The zero-order valence-electron chi connectivity index (χ0n) is 12.0. The van der Waals surface area contributed by atoms with Crippen molar-refractivity contribution in [2.45, 2.75) is 55.1 Å². The van der Waals surface area contributed by atoms with Gasteiger partial charge in [-0.15, -0.1) is 0 Å². The third-order valence-corrected chi connectivity index (χ3v) is 3.89. The fraction of sp³-hybridized carbons (Fsp3) is 0.917. The Morgan fingerprint density at radius 1 is 1.13 bits per heavy atom. The Hall–Kier alpha value is -0.340. The van der Waals surface area contributed by atoms with Gasteiger partial charge >= 0.3 is 0 Å². The number of thiol groups is 1. The number of hydrogen-bond acceptors (Lipinski definition) is 11. The quantitative estimate of drug-likeness (QED) is 0.155. The first kappa shape index (κ1) is 20.7. The summed E-state index contributed by atoms with van der Waals surface area (Å²) < 4.78 is 10.3. The molecule has 1 heterocycles. The molecule has 0 radical (unpaired) electrons. The van der Waals surface area contributed by atoms with Crippen LogP contribution in [-0.4, -0.2) is 110 Å². The summed E-state index contributed by atoms with van der Waals surface area (Å²) in [7, 11) is 0. The van der Waals surface area contributed by atoms with Crippen LogP contribution in [0.2, 0.25) is 0 Å². The van der Waals surface area contributed by atoms with Crippen molar-refractivity contribution in [3.05, 3.63) is 0 Å². The Morgan fingerprint density at radius 3 is 2.22 bits per heavy atom. The summed E-state index contributed by atoms with van der Waals surface area (Å²) in [6.07, 6.45) is -14.7. The molecule has 1 rings (SSSR count). The Kier molecular flexibility index (Phi) is 8.30. The van der Waals surface area contributed by atoms with Crippen molar-refractivity contribution in [3.63, 3.8) is 0 Å². The Balaban J connectivity index is 2.91. The molecule has 0 bridgehead atoms. The molecule has 9 atom stereocenters. The van der Waals surface area contributed by atoms with Gasteiger partial charge < -0.3 is 50.0 Å². The van der Waals surface area contributed by atoms with E-state index >= 15 is 0 Å². The molecule has 0 aromatic carbocycles. The highest BCUT2D eigenvalue weighted by atomic mass is 32.1. The average molecular weight is 358 g/mol. The summed E-state index contributed by atoms with van der Waals surface area (Å²) in [6, 6.07) is 0. The van der Waals surface area contributed by atoms with E-state index in [2.05, 4.69) is 12.6 Å². The largest absolute Gasteiger partial charge is 0.394 e. The van der Waals surface area contributed by atoms with Crippen LogP contribution in [0.15, 0.2) is 0 Å². The molecule has 1 aliphatic rings. The number of aliphatic hydroxyl groups is 7. The lowest BCUT2D eigenvalue weighted by molar-refractivity contribution is -0.319. The molecular weight excluding hydrogens is 336 g/mol. The summed E-state index contributed by atoms with van der Waals surface area (Å²) >= 11 is 3.91. The molecule has 1 fully saturated rings. The highest BCUT2D eigenvalue weighted by Crippen LogP contribution is 2.25. The number of carbonyl (C=O) groups excluding carboxylic acids is 1. The number of rotatable bonds is 8. The normalized spacial score (nSPS) is 37.0. The molecule has 11 heteroatoms. The zero-order chi connectivity index (χ0) is 17.7. The molecule has 0 saturated carbocycles. The van der Waals surface area contributed by atoms with Gasteiger partial charge in [-0.25, -0.2) is 0 Å². The second-order valence-electron chi connectivity index (χ2n) is 5.17. The van der Waals surface area contributed by atoms with Gasteiger partial charge in [0.05, 0.1) is 12.7 Å². The lowest BCUT2D eigenvalue weighted by Gasteiger charge is -2.42. The van der Waals surface area contributed by atoms with E-state index in [0.717, 1.165) is 0 Å². The molecular formula is C12H22O10S. The standard InChI is InChI=1S/C12H22O10S/c13-1-4(15)7(17)11(5(16)2-14)22-12-10(20)9(19)8(18)6(3-23)21-12/h1,4-12,14-20,23H,2-3H2/t4-,5+,6+,7+,8+,9-,10+,11+,12?/m0/s1. The highest BCUT2D eigenvalue weighted by molar-refractivity contribution is 7.80. The first-order valence-electron chi connectivity index (χ1n) is 6.84. The van der Waals surface area contributed by atoms with Crippen molar-refractivity contribution in [2.75, 3.05) is 12.4 Å². The predicted octanol–water partition coefficient (Wildman–Crippen LogP) is -4.62. The monoisotopic (exact) mass is 358 g/mol. The van der Waals surface area contributed by atoms with Crippen molar-refractivity contribution < 1.29 is 50.0 Å². The van der Waals surface area contributed by atoms with Gasteiger partial charge in [-0.2, -0.15) is 12.6 Å². The lowest BCUT2D eigenvalue weighted by Crippen LogP contribution is -2.61. The van der Waals surface area contributed by atoms with Crippen molar-refractivity contribution in [1.82, 2.24) is 0 Å². The van der Waals surface area contributed by atoms with Gasteiger partial charge in [-0.05, 0) is 0 Å². The van der Waals surface area contributed by atoms with E-state index in [1.54, 1.807) is 0 Å². The summed E-state index contributed by atoms with van der Waals surface area (Å²) in [5.41, 5.74) is 0.